The molecule has 0 spiro atoms. The maximum Gasteiger partial charge on any atom is 0.262 e. The summed E-state index contributed by atoms with van der Waals surface area (Å²) in [6, 6.07) is 10.8. The lowest BCUT2D eigenvalue weighted by Gasteiger charge is -2.35. The molecule has 0 aromatic heterocycles. The van der Waals surface area contributed by atoms with Crippen LogP contribution in [-0.2, 0) is 0 Å². The van der Waals surface area contributed by atoms with E-state index in [0.717, 1.165) is 0 Å². The van der Waals surface area contributed by atoms with E-state index in [9.17, 15) is 24.3 Å². The third-order valence-electron chi connectivity index (χ3n) is 5.75. The summed E-state index contributed by atoms with van der Waals surface area (Å²) < 4.78 is 0. The molecule has 8 nitrogen and oxygen atoms in total. The van der Waals surface area contributed by atoms with Gasteiger partial charge in [-0.15, -0.1) is 0 Å². The van der Waals surface area contributed by atoms with Gasteiger partial charge in [0.2, 0.25) is 0 Å². The van der Waals surface area contributed by atoms with Crippen LogP contribution in [-0.4, -0.2) is 75.2 Å². The second-order valence-electron chi connectivity index (χ2n) is 9.01. The number of phenolic OH excluding ortho intramolecular Hbond substituents is 1. The normalized spacial score (nSPS) is 16.4. The van der Waals surface area contributed by atoms with Gasteiger partial charge in [-0.3, -0.25) is 24.1 Å². The zero-order valence-corrected chi connectivity index (χ0v) is 18.3. The summed E-state index contributed by atoms with van der Waals surface area (Å²) in [4.78, 5) is 55.6. The summed E-state index contributed by atoms with van der Waals surface area (Å²) in [5.41, 5.74) is 0.635. The number of hydrogen-bond donors (Lipinski definition) is 1. The minimum absolute atomic E-state index is 0.0272. The van der Waals surface area contributed by atoms with Crippen LogP contribution in [0.5, 0.6) is 5.75 Å². The predicted molar refractivity (Wildman–Crippen MR) is 117 cm³/mol. The number of hydrogen-bond acceptors (Lipinski definition) is 5. The number of phenols is 1. The minimum atomic E-state index is -0.657. The van der Waals surface area contributed by atoms with Crippen molar-refractivity contribution in [1.29, 1.82) is 0 Å². The van der Waals surface area contributed by atoms with Crippen molar-refractivity contribution in [2.45, 2.75) is 26.3 Å². The van der Waals surface area contributed by atoms with Crippen molar-refractivity contribution in [1.82, 2.24) is 14.7 Å². The molecule has 166 valence electrons. The van der Waals surface area contributed by atoms with Crippen LogP contribution in [0.15, 0.2) is 42.5 Å². The Bertz CT molecular complexity index is 1130. The molecule has 2 aliphatic heterocycles. The Hall–Kier alpha value is -3.68. The van der Waals surface area contributed by atoms with Gasteiger partial charge in [-0.1, -0.05) is 6.07 Å². The number of imide groups is 1. The van der Waals surface area contributed by atoms with Gasteiger partial charge in [0.25, 0.3) is 23.6 Å². The topological polar surface area (TPSA) is 98.2 Å². The number of rotatable bonds is 2. The Morgan fingerprint density at radius 1 is 0.781 bits per heavy atom. The fourth-order valence-corrected chi connectivity index (χ4v) is 4.10. The molecule has 4 rings (SSSR count). The van der Waals surface area contributed by atoms with Crippen LogP contribution in [0.25, 0.3) is 0 Å². The molecule has 0 radical (unpaired) electrons. The van der Waals surface area contributed by atoms with Gasteiger partial charge in [0.05, 0.1) is 11.1 Å². The van der Waals surface area contributed by atoms with Gasteiger partial charge in [0.15, 0.2) is 0 Å². The van der Waals surface area contributed by atoms with Gasteiger partial charge in [0, 0.05) is 42.8 Å². The molecule has 0 bridgehead atoms. The molecule has 2 aliphatic rings. The third kappa shape index (κ3) is 3.72. The predicted octanol–water partition coefficient (Wildman–Crippen LogP) is 2.38. The Morgan fingerprint density at radius 2 is 1.31 bits per heavy atom. The molecule has 0 saturated carbocycles. The van der Waals surface area contributed by atoms with Crippen molar-refractivity contribution in [3.63, 3.8) is 0 Å². The van der Waals surface area contributed by atoms with E-state index >= 15 is 0 Å². The highest BCUT2D eigenvalue weighted by molar-refractivity contribution is 6.22. The Labute approximate surface area is 186 Å². The largest absolute Gasteiger partial charge is 0.508 e. The summed E-state index contributed by atoms with van der Waals surface area (Å²) in [7, 11) is 0. The van der Waals surface area contributed by atoms with Gasteiger partial charge in [0.1, 0.15) is 5.75 Å². The van der Waals surface area contributed by atoms with Crippen LogP contribution in [0.3, 0.4) is 0 Å². The van der Waals surface area contributed by atoms with E-state index in [-0.39, 0.29) is 29.0 Å². The quantitative estimate of drug-likeness (QED) is 0.731. The zero-order valence-electron chi connectivity index (χ0n) is 18.3. The Balaban J connectivity index is 1.46. The fraction of sp³-hybridized carbons (Fsp3) is 0.333. The SMILES string of the molecule is CC(C)(C)N1C(=O)c2ccc(C(=O)N3CCN(C(=O)c4cccc(O)c4)CC3)cc2C1=O. The molecule has 8 heteroatoms. The number of carbonyl (C=O) groups is 4. The lowest BCUT2D eigenvalue weighted by Crippen LogP contribution is -2.50. The number of benzene rings is 2. The first-order chi connectivity index (χ1) is 15.1. The molecule has 0 atom stereocenters. The van der Waals surface area contributed by atoms with Crippen molar-refractivity contribution in [2.24, 2.45) is 0 Å². The molecular formula is C24H25N3O5. The summed E-state index contributed by atoms with van der Waals surface area (Å²) in [5, 5.41) is 9.59. The number of aromatic hydroxyl groups is 1. The maximum atomic E-state index is 13.0. The molecule has 2 aromatic carbocycles. The highest BCUT2D eigenvalue weighted by Gasteiger charge is 2.42. The summed E-state index contributed by atoms with van der Waals surface area (Å²) in [5.74, 6) is -1.16. The van der Waals surface area contributed by atoms with E-state index in [1.165, 1.54) is 29.2 Å². The molecule has 0 unspecified atom stereocenters. The molecule has 32 heavy (non-hydrogen) atoms. The van der Waals surface area contributed by atoms with Crippen molar-refractivity contribution in [2.75, 3.05) is 26.2 Å². The molecule has 1 N–H and O–H groups in total. The lowest BCUT2D eigenvalue weighted by molar-refractivity contribution is 0.0507. The number of fused-ring (bicyclic) bond motifs is 1. The first kappa shape index (κ1) is 21.5. The van der Waals surface area contributed by atoms with E-state index < -0.39 is 11.4 Å². The fourth-order valence-electron chi connectivity index (χ4n) is 4.10. The zero-order chi connectivity index (χ0) is 23.2. The van der Waals surface area contributed by atoms with E-state index in [2.05, 4.69) is 0 Å². The number of nitrogens with zero attached hydrogens (tertiary/aromatic N) is 3. The summed E-state index contributed by atoms with van der Waals surface area (Å²) >= 11 is 0. The maximum absolute atomic E-state index is 13.0. The van der Waals surface area contributed by atoms with Gasteiger partial charge in [-0.05, 0) is 57.2 Å². The van der Waals surface area contributed by atoms with Crippen molar-refractivity contribution in [3.8, 4) is 5.75 Å². The second-order valence-corrected chi connectivity index (χ2v) is 9.01. The monoisotopic (exact) mass is 435 g/mol. The Kier molecular flexibility index (Phi) is 5.24. The highest BCUT2D eigenvalue weighted by Crippen LogP contribution is 2.30. The number of amides is 4. The van der Waals surface area contributed by atoms with Crippen LogP contribution in [0.2, 0.25) is 0 Å². The number of carbonyl (C=O) groups excluding carboxylic acids is 4. The van der Waals surface area contributed by atoms with Crippen LogP contribution in [0, 0.1) is 0 Å². The van der Waals surface area contributed by atoms with Gasteiger partial charge in [-0.2, -0.15) is 0 Å². The van der Waals surface area contributed by atoms with Crippen LogP contribution in [0.1, 0.15) is 62.2 Å². The summed E-state index contributed by atoms with van der Waals surface area (Å²) in [6.45, 7) is 6.79. The number of piperazine rings is 1. The standard InChI is InChI=1S/C24H25N3O5/c1-24(2,3)27-22(31)18-8-7-16(14-19(18)23(27)32)21(30)26-11-9-25(10-12-26)20(29)15-5-4-6-17(28)13-15/h4-8,13-14,28H,9-12H2,1-3H3. The second kappa shape index (κ2) is 7.78. The highest BCUT2D eigenvalue weighted by atomic mass is 16.3. The summed E-state index contributed by atoms with van der Waals surface area (Å²) in [6.07, 6.45) is 0. The van der Waals surface area contributed by atoms with Crippen molar-refractivity contribution < 1.29 is 24.3 Å². The first-order valence-corrected chi connectivity index (χ1v) is 10.5. The van der Waals surface area contributed by atoms with Gasteiger partial charge >= 0.3 is 0 Å². The van der Waals surface area contributed by atoms with Crippen LogP contribution in [0.4, 0.5) is 0 Å². The average Bonchev–Trinajstić information content (AvgIpc) is 3.02. The molecule has 0 aliphatic carbocycles. The Morgan fingerprint density at radius 3 is 1.84 bits per heavy atom. The van der Waals surface area contributed by atoms with E-state index in [1.54, 1.807) is 48.8 Å². The van der Waals surface area contributed by atoms with E-state index in [1.807, 2.05) is 0 Å². The van der Waals surface area contributed by atoms with Gasteiger partial charge in [-0.25, -0.2) is 0 Å². The smallest absolute Gasteiger partial charge is 0.262 e. The van der Waals surface area contributed by atoms with Crippen LogP contribution >= 0.6 is 0 Å². The molecular weight excluding hydrogens is 410 g/mol. The molecule has 2 aromatic rings. The van der Waals surface area contributed by atoms with Gasteiger partial charge < -0.3 is 14.9 Å². The van der Waals surface area contributed by atoms with Crippen molar-refractivity contribution in [3.05, 3.63) is 64.7 Å². The molecule has 2 heterocycles. The third-order valence-corrected chi connectivity index (χ3v) is 5.75. The first-order valence-electron chi connectivity index (χ1n) is 10.5. The van der Waals surface area contributed by atoms with Crippen molar-refractivity contribution >= 4 is 23.6 Å². The molecule has 1 fully saturated rings. The van der Waals surface area contributed by atoms with E-state index in [4.69, 9.17) is 0 Å². The average molecular weight is 435 g/mol. The van der Waals surface area contributed by atoms with E-state index in [0.29, 0.717) is 42.9 Å². The molecule has 1 saturated heterocycles. The van der Waals surface area contributed by atoms with Crippen LogP contribution < -0.4 is 0 Å². The lowest BCUT2D eigenvalue weighted by atomic mass is 10.0. The minimum Gasteiger partial charge on any atom is -0.508 e. The molecule has 4 amide bonds.